The van der Waals surface area contributed by atoms with E-state index in [1.165, 1.54) is 6.08 Å². The molecule has 0 aliphatic carbocycles. The fourth-order valence-corrected chi connectivity index (χ4v) is 1.16. The first-order valence-corrected chi connectivity index (χ1v) is 4.36. The molecule has 0 heterocycles. The highest BCUT2D eigenvalue weighted by Gasteiger charge is 2.02. The highest BCUT2D eigenvalue weighted by Crippen LogP contribution is 2.11. The summed E-state index contributed by atoms with van der Waals surface area (Å²) in [6.07, 6.45) is 0.359. The highest BCUT2D eigenvalue weighted by atomic mass is 16.4. The number of hydrogen-bond acceptors (Lipinski definition) is 2. The third-order valence-electron chi connectivity index (χ3n) is 1.78. The van der Waals surface area contributed by atoms with Crippen LogP contribution in [0.25, 0.3) is 0 Å². The number of nitrogens with one attached hydrogen (secondary N) is 1. The van der Waals surface area contributed by atoms with Gasteiger partial charge in [-0.2, -0.15) is 0 Å². The zero-order chi connectivity index (χ0) is 11.3. The molecule has 1 aromatic carbocycles. The molecule has 2 N–H and O–H groups in total. The normalized spacial score (nSPS) is 9.33. The molecule has 0 spiro atoms. The number of allylic oxidation sites excluding steroid dienone is 1. The van der Waals surface area contributed by atoms with Crippen molar-refractivity contribution in [1.82, 2.24) is 0 Å². The number of rotatable bonds is 4. The fourth-order valence-electron chi connectivity index (χ4n) is 1.16. The third-order valence-corrected chi connectivity index (χ3v) is 1.78. The Labute approximate surface area is 87.2 Å². The number of ketones is 1. The molecule has 0 aromatic heterocycles. The highest BCUT2D eigenvalue weighted by molar-refractivity contribution is 5.91. The van der Waals surface area contributed by atoms with Gasteiger partial charge in [-0.1, -0.05) is 18.7 Å². The molecule has 78 valence electrons. The molecule has 0 bridgehead atoms. The Balaban J connectivity index is 2.78. The monoisotopic (exact) mass is 205 g/mol. The van der Waals surface area contributed by atoms with Crippen LogP contribution >= 0.6 is 0 Å². The van der Waals surface area contributed by atoms with E-state index in [1.54, 1.807) is 24.3 Å². The molecule has 1 aromatic rings. The van der Waals surface area contributed by atoms with Crippen LogP contribution in [0.2, 0.25) is 0 Å². The average molecular weight is 205 g/mol. The molecule has 1 rings (SSSR count). The van der Waals surface area contributed by atoms with Crippen LogP contribution in [0.1, 0.15) is 5.56 Å². The molecule has 4 heteroatoms. The Morgan fingerprint density at radius 3 is 2.80 bits per heavy atom. The van der Waals surface area contributed by atoms with Crippen molar-refractivity contribution in [3.8, 4) is 0 Å². The van der Waals surface area contributed by atoms with Crippen LogP contribution in [0.5, 0.6) is 0 Å². The van der Waals surface area contributed by atoms with Gasteiger partial charge in [-0.05, 0) is 23.8 Å². The first kappa shape index (κ1) is 11.0. The first-order chi connectivity index (χ1) is 7.11. The SMILES string of the molecule is C=CC(=O)Cc1cccc(NC(=O)O)c1. The van der Waals surface area contributed by atoms with Crippen molar-refractivity contribution >= 4 is 17.6 Å². The predicted octanol–water partition coefficient (Wildman–Crippen LogP) is 2.07. The van der Waals surface area contributed by atoms with E-state index in [0.29, 0.717) is 5.69 Å². The third kappa shape index (κ3) is 3.64. The Morgan fingerprint density at radius 2 is 2.20 bits per heavy atom. The Kier molecular flexibility index (Phi) is 3.62. The molecule has 0 atom stereocenters. The molecule has 0 saturated carbocycles. The number of carbonyl (C=O) groups excluding carboxylic acids is 1. The quantitative estimate of drug-likeness (QED) is 0.739. The van der Waals surface area contributed by atoms with Gasteiger partial charge in [0.2, 0.25) is 0 Å². The zero-order valence-corrected chi connectivity index (χ0v) is 8.06. The predicted molar refractivity (Wildman–Crippen MR) is 57.0 cm³/mol. The van der Waals surface area contributed by atoms with Crippen LogP contribution in [0.4, 0.5) is 10.5 Å². The van der Waals surface area contributed by atoms with Crippen LogP contribution in [-0.2, 0) is 11.2 Å². The zero-order valence-electron chi connectivity index (χ0n) is 8.06. The fraction of sp³-hybridized carbons (Fsp3) is 0.0909. The van der Waals surface area contributed by atoms with E-state index >= 15 is 0 Å². The van der Waals surface area contributed by atoms with E-state index in [-0.39, 0.29) is 12.2 Å². The van der Waals surface area contributed by atoms with Gasteiger partial charge >= 0.3 is 6.09 Å². The summed E-state index contributed by atoms with van der Waals surface area (Å²) in [4.78, 5) is 21.4. The lowest BCUT2D eigenvalue weighted by Gasteiger charge is -2.03. The molecular weight excluding hydrogens is 194 g/mol. The summed E-state index contributed by atoms with van der Waals surface area (Å²) >= 11 is 0. The minimum Gasteiger partial charge on any atom is -0.465 e. The second kappa shape index (κ2) is 4.95. The van der Waals surface area contributed by atoms with Gasteiger partial charge in [-0.15, -0.1) is 0 Å². The summed E-state index contributed by atoms with van der Waals surface area (Å²) in [6.45, 7) is 3.37. The maximum atomic E-state index is 11.1. The van der Waals surface area contributed by atoms with Crippen LogP contribution in [-0.4, -0.2) is 17.0 Å². The number of hydrogen-bond donors (Lipinski definition) is 2. The minimum absolute atomic E-state index is 0.0949. The number of benzene rings is 1. The Morgan fingerprint density at radius 1 is 1.47 bits per heavy atom. The number of anilines is 1. The molecule has 1 amide bonds. The number of carboxylic acid groups (broad SMARTS) is 1. The summed E-state index contributed by atoms with van der Waals surface area (Å²) in [5.41, 5.74) is 1.21. The van der Waals surface area contributed by atoms with E-state index in [1.807, 2.05) is 0 Å². The summed E-state index contributed by atoms with van der Waals surface area (Å²) in [5.74, 6) is -0.0949. The van der Waals surface area contributed by atoms with Gasteiger partial charge in [-0.3, -0.25) is 10.1 Å². The van der Waals surface area contributed by atoms with Crippen LogP contribution in [0.3, 0.4) is 0 Å². The van der Waals surface area contributed by atoms with Gasteiger partial charge in [0.1, 0.15) is 0 Å². The van der Waals surface area contributed by atoms with Crippen molar-refractivity contribution in [1.29, 1.82) is 0 Å². The van der Waals surface area contributed by atoms with E-state index in [4.69, 9.17) is 5.11 Å². The van der Waals surface area contributed by atoms with Crippen LogP contribution in [0.15, 0.2) is 36.9 Å². The molecule has 0 radical (unpaired) electrons. The molecule has 0 aliphatic rings. The lowest BCUT2D eigenvalue weighted by Crippen LogP contribution is -2.07. The van der Waals surface area contributed by atoms with Gasteiger partial charge in [0.25, 0.3) is 0 Å². The van der Waals surface area contributed by atoms with Crippen LogP contribution in [0, 0.1) is 0 Å². The van der Waals surface area contributed by atoms with Crippen molar-refractivity contribution in [2.75, 3.05) is 5.32 Å². The van der Waals surface area contributed by atoms with E-state index < -0.39 is 6.09 Å². The molecule has 0 aliphatic heterocycles. The van der Waals surface area contributed by atoms with Gasteiger partial charge < -0.3 is 5.11 Å². The first-order valence-electron chi connectivity index (χ1n) is 4.36. The molecule has 0 unspecified atom stereocenters. The van der Waals surface area contributed by atoms with Gasteiger partial charge in [-0.25, -0.2) is 4.79 Å². The smallest absolute Gasteiger partial charge is 0.409 e. The molecular formula is C11H11NO3. The standard InChI is InChI=1S/C11H11NO3/c1-2-10(13)7-8-4-3-5-9(6-8)12-11(14)15/h2-6,12H,1,7H2,(H,14,15). The number of carbonyl (C=O) groups is 2. The van der Waals surface area contributed by atoms with Gasteiger partial charge in [0, 0.05) is 12.1 Å². The summed E-state index contributed by atoms with van der Waals surface area (Å²) in [7, 11) is 0. The summed E-state index contributed by atoms with van der Waals surface area (Å²) < 4.78 is 0. The van der Waals surface area contributed by atoms with Crippen molar-refractivity contribution in [2.24, 2.45) is 0 Å². The number of amides is 1. The molecule has 0 saturated heterocycles. The Bertz CT molecular complexity index is 399. The molecule has 0 fully saturated rings. The van der Waals surface area contributed by atoms with Crippen molar-refractivity contribution < 1.29 is 14.7 Å². The minimum atomic E-state index is -1.12. The second-order valence-corrected chi connectivity index (χ2v) is 2.98. The van der Waals surface area contributed by atoms with E-state index in [9.17, 15) is 9.59 Å². The van der Waals surface area contributed by atoms with Crippen molar-refractivity contribution in [2.45, 2.75) is 6.42 Å². The van der Waals surface area contributed by atoms with E-state index in [2.05, 4.69) is 11.9 Å². The van der Waals surface area contributed by atoms with Gasteiger partial charge in [0.05, 0.1) is 0 Å². The van der Waals surface area contributed by atoms with Crippen molar-refractivity contribution in [3.05, 3.63) is 42.5 Å². The van der Waals surface area contributed by atoms with Crippen molar-refractivity contribution in [3.63, 3.8) is 0 Å². The maximum absolute atomic E-state index is 11.1. The van der Waals surface area contributed by atoms with E-state index in [0.717, 1.165) is 5.56 Å². The average Bonchev–Trinajstić information content (AvgIpc) is 2.17. The second-order valence-electron chi connectivity index (χ2n) is 2.98. The maximum Gasteiger partial charge on any atom is 0.409 e. The topological polar surface area (TPSA) is 66.4 Å². The lowest BCUT2D eigenvalue weighted by molar-refractivity contribution is -0.114. The largest absolute Gasteiger partial charge is 0.465 e. The summed E-state index contributed by atoms with van der Waals surface area (Å²) in [6, 6.07) is 6.69. The Hall–Kier alpha value is -2.10. The summed E-state index contributed by atoms with van der Waals surface area (Å²) in [5, 5.41) is 10.7. The molecule has 4 nitrogen and oxygen atoms in total. The van der Waals surface area contributed by atoms with Gasteiger partial charge in [0.15, 0.2) is 5.78 Å². The molecule has 15 heavy (non-hydrogen) atoms. The lowest BCUT2D eigenvalue weighted by atomic mass is 10.1. The van der Waals surface area contributed by atoms with Crippen LogP contribution < -0.4 is 5.32 Å².